The molecule has 13 heteroatoms. The number of nitrogens with two attached hydrogens (primary N) is 1. The standard InChI is InChI=1S/C21H25N7O5S/c22-14-4-2-1-3-12(14)7-8-34(31,32)26-9-15-17(29)18(30)21(33-15)28-11-25-16-19(27-13-5-6-13)23-10-24-20(16)28/h1-4,7-8,10-11,13,15,17-18,21,26,29-30H,5-6,9,22H2,(H,23,24,27)/b8-7+/t15-,17-,18-,21-/m1/s1. The number of aliphatic hydroxyl groups excluding tert-OH is 2. The summed E-state index contributed by atoms with van der Waals surface area (Å²) in [5, 5.41) is 25.4. The highest BCUT2D eigenvalue weighted by Crippen LogP contribution is 2.33. The van der Waals surface area contributed by atoms with E-state index in [9.17, 15) is 18.6 Å². The van der Waals surface area contributed by atoms with Gasteiger partial charge in [0.15, 0.2) is 23.2 Å². The molecule has 0 bridgehead atoms. The molecule has 3 heterocycles. The van der Waals surface area contributed by atoms with Crippen LogP contribution in [-0.2, 0) is 14.8 Å². The van der Waals surface area contributed by atoms with E-state index in [1.807, 2.05) is 0 Å². The van der Waals surface area contributed by atoms with Crippen LogP contribution in [0.25, 0.3) is 17.2 Å². The summed E-state index contributed by atoms with van der Waals surface area (Å²) in [6, 6.07) is 7.22. The van der Waals surface area contributed by atoms with Crippen LogP contribution in [0, 0.1) is 0 Å². The van der Waals surface area contributed by atoms with Gasteiger partial charge in [-0.15, -0.1) is 0 Å². The molecule has 2 aromatic heterocycles. The van der Waals surface area contributed by atoms with Crippen LogP contribution in [-0.4, -0.2) is 69.0 Å². The van der Waals surface area contributed by atoms with Crippen LogP contribution in [0.3, 0.4) is 0 Å². The first kappa shape index (κ1) is 22.7. The molecule has 5 rings (SSSR count). The van der Waals surface area contributed by atoms with E-state index in [-0.39, 0.29) is 6.54 Å². The Kier molecular flexibility index (Phi) is 5.95. The molecule has 2 aliphatic rings. The number of fused-ring (bicyclic) bond motifs is 1. The maximum absolute atomic E-state index is 12.4. The predicted octanol–water partition coefficient (Wildman–Crippen LogP) is 0.192. The van der Waals surface area contributed by atoms with Crippen LogP contribution in [0.15, 0.2) is 42.3 Å². The lowest BCUT2D eigenvalue weighted by atomic mass is 10.1. The molecule has 4 atom stereocenters. The fourth-order valence-corrected chi connectivity index (χ4v) is 4.58. The second kappa shape index (κ2) is 8.92. The molecule has 180 valence electrons. The molecule has 12 nitrogen and oxygen atoms in total. The van der Waals surface area contributed by atoms with Crippen LogP contribution in [0.4, 0.5) is 11.5 Å². The van der Waals surface area contributed by atoms with E-state index in [1.54, 1.807) is 24.3 Å². The number of anilines is 2. The normalized spacial score (nSPS) is 25.4. The maximum atomic E-state index is 12.4. The molecule has 1 saturated carbocycles. The van der Waals surface area contributed by atoms with Gasteiger partial charge in [0, 0.05) is 23.7 Å². The van der Waals surface area contributed by atoms with Gasteiger partial charge in [-0.25, -0.2) is 28.1 Å². The lowest BCUT2D eigenvalue weighted by Crippen LogP contribution is -2.39. The number of aromatic nitrogens is 4. The molecule has 0 radical (unpaired) electrons. The number of hydrogen-bond donors (Lipinski definition) is 5. The molecule has 2 fully saturated rings. The SMILES string of the molecule is Nc1ccccc1/C=C/S(=O)(=O)NC[C@H]1O[C@@H](n2cnc3c(NC4CC4)ncnc32)[C@H](O)[C@@H]1O. The summed E-state index contributed by atoms with van der Waals surface area (Å²) in [5.74, 6) is 0.592. The minimum atomic E-state index is -3.85. The number of nitrogens with zero attached hydrogens (tertiary/aromatic N) is 4. The Hall–Kier alpha value is -3.10. The molecule has 6 N–H and O–H groups in total. The van der Waals surface area contributed by atoms with Crippen LogP contribution in [0.5, 0.6) is 0 Å². The van der Waals surface area contributed by atoms with Crippen molar-refractivity contribution in [1.29, 1.82) is 0 Å². The van der Waals surface area contributed by atoms with Crippen molar-refractivity contribution in [3.05, 3.63) is 47.9 Å². The summed E-state index contributed by atoms with van der Waals surface area (Å²) >= 11 is 0. The summed E-state index contributed by atoms with van der Waals surface area (Å²) in [6.07, 6.45) is 1.71. The Bertz CT molecular complexity index is 1320. The summed E-state index contributed by atoms with van der Waals surface area (Å²) in [5.41, 5.74) is 7.78. The van der Waals surface area contributed by atoms with Crippen LogP contribution < -0.4 is 15.8 Å². The largest absolute Gasteiger partial charge is 0.398 e. The average molecular weight is 488 g/mol. The predicted molar refractivity (Wildman–Crippen MR) is 125 cm³/mol. The molecule has 0 unspecified atom stereocenters. The second-order valence-electron chi connectivity index (χ2n) is 8.34. The number of ether oxygens (including phenoxy) is 1. The maximum Gasteiger partial charge on any atom is 0.233 e. The quantitative estimate of drug-likeness (QED) is 0.276. The van der Waals surface area contributed by atoms with Crippen molar-refractivity contribution in [3.63, 3.8) is 0 Å². The first-order valence-electron chi connectivity index (χ1n) is 10.8. The zero-order valence-electron chi connectivity index (χ0n) is 18.0. The minimum Gasteiger partial charge on any atom is -0.398 e. The Balaban J connectivity index is 1.28. The van der Waals surface area contributed by atoms with Crippen molar-refractivity contribution in [2.75, 3.05) is 17.6 Å². The van der Waals surface area contributed by atoms with Crippen molar-refractivity contribution in [3.8, 4) is 0 Å². The summed E-state index contributed by atoms with van der Waals surface area (Å²) in [4.78, 5) is 12.8. The molecular formula is C21H25N7O5S. The molecule has 1 aromatic carbocycles. The van der Waals surface area contributed by atoms with Gasteiger partial charge in [-0.1, -0.05) is 18.2 Å². The van der Waals surface area contributed by atoms with E-state index < -0.39 is 34.6 Å². The highest BCUT2D eigenvalue weighted by molar-refractivity contribution is 7.92. The second-order valence-corrected chi connectivity index (χ2v) is 9.99. The number of hydrogen-bond acceptors (Lipinski definition) is 10. The summed E-state index contributed by atoms with van der Waals surface area (Å²) in [6.45, 7) is -0.248. The van der Waals surface area contributed by atoms with E-state index in [0.29, 0.717) is 34.3 Å². The van der Waals surface area contributed by atoms with Crippen LogP contribution in [0.2, 0.25) is 0 Å². The van der Waals surface area contributed by atoms with Gasteiger partial charge in [-0.05, 0) is 30.5 Å². The Morgan fingerprint density at radius 1 is 1.18 bits per heavy atom. The number of aliphatic hydroxyl groups is 2. The Labute approximate surface area is 195 Å². The number of benzene rings is 1. The van der Waals surface area contributed by atoms with Gasteiger partial charge in [0.05, 0.1) is 6.33 Å². The van der Waals surface area contributed by atoms with Gasteiger partial charge in [0.2, 0.25) is 10.0 Å². The van der Waals surface area contributed by atoms with Gasteiger partial charge in [-0.3, -0.25) is 4.57 Å². The lowest BCUT2D eigenvalue weighted by Gasteiger charge is -2.16. The van der Waals surface area contributed by atoms with E-state index in [1.165, 1.54) is 23.3 Å². The third kappa shape index (κ3) is 4.60. The number of sulfonamides is 1. The molecular weight excluding hydrogens is 462 g/mol. The fraction of sp³-hybridized carbons (Fsp3) is 0.381. The van der Waals surface area contributed by atoms with Crippen molar-refractivity contribution in [2.24, 2.45) is 0 Å². The van der Waals surface area contributed by atoms with Gasteiger partial charge < -0.3 is 26.0 Å². The van der Waals surface area contributed by atoms with E-state index in [2.05, 4.69) is 25.0 Å². The molecule has 3 aromatic rings. The van der Waals surface area contributed by atoms with E-state index in [0.717, 1.165) is 18.2 Å². The monoisotopic (exact) mass is 487 g/mol. The fourth-order valence-electron chi connectivity index (χ4n) is 3.76. The topological polar surface area (TPSA) is 178 Å². The zero-order chi connectivity index (χ0) is 23.9. The summed E-state index contributed by atoms with van der Waals surface area (Å²) in [7, 11) is -3.85. The molecule has 1 aliphatic heterocycles. The van der Waals surface area contributed by atoms with E-state index in [4.69, 9.17) is 10.5 Å². The van der Waals surface area contributed by atoms with Crippen LogP contribution >= 0.6 is 0 Å². The third-order valence-electron chi connectivity index (χ3n) is 5.80. The minimum absolute atomic E-state index is 0.248. The first-order valence-corrected chi connectivity index (χ1v) is 12.3. The van der Waals surface area contributed by atoms with Crippen molar-refractivity contribution in [1.82, 2.24) is 24.2 Å². The zero-order valence-corrected chi connectivity index (χ0v) is 18.8. The molecule has 34 heavy (non-hydrogen) atoms. The molecule has 1 aliphatic carbocycles. The van der Waals surface area contributed by atoms with Crippen LogP contribution in [0.1, 0.15) is 24.6 Å². The number of nitrogens with one attached hydrogen (secondary N) is 2. The Morgan fingerprint density at radius 3 is 2.74 bits per heavy atom. The first-order chi connectivity index (χ1) is 16.3. The van der Waals surface area contributed by atoms with Gasteiger partial charge >= 0.3 is 0 Å². The molecule has 0 amide bonds. The van der Waals surface area contributed by atoms with Crippen molar-refractivity contribution < 1.29 is 23.4 Å². The molecule has 0 spiro atoms. The number of rotatable bonds is 8. The smallest absolute Gasteiger partial charge is 0.233 e. The van der Waals surface area contributed by atoms with Crippen molar-refractivity contribution >= 4 is 38.8 Å². The highest BCUT2D eigenvalue weighted by Gasteiger charge is 2.44. The van der Waals surface area contributed by atoms with E-state index >= 15 is 0 Å². The number of nitrogen functional groups attached to an aromatic ring is 1. The van der Waals surface area contributed by atoms with Crippen molar-refractivity contribution in [2.45, 2.75) is 43.4 Å². The van der Waals surface area contributed by atoms with Gasteiger partial charge in [0.1, 0.15) is 24.6 Å². The highest BCUT2D eigenvalue weighted by atomic mass is 32.2. The Morgan fingerprint density at radius 2 is 1.97 bits per heavy atom. The summed E-state index contributed by atoms with van der Waals surface area (Å²) < 4.78 is 34.5. The number of imidazole rings is 1. The van der Waals surface area contributed by atoms with Gasteiger partial charge in [0.25, 0.3) is 0 Å². The average Bonchev–Trinajstić information content (AvgIpc) is 3.46. The van der Waals surface area contributed by atoms with Gasteiger partial charge in [-0.2, -0.15) is 0 Å². The lowest BCUT2D eigenvalue weighted by molar-refractivity contribution is -0.0329. The number of para-hydroxylation sites is 1. The third-order valence-corrected chi connectivity index (χ3v) is 6.86. The molecule has 1 saturated heterocycles.